The van der Waals surface area contributed by atoms with Gasteiger partial charge in [0.15, 0.2) is 0 Å². The monoisotopic (exact) mass is 298 g/mol. The third-order valence-electron chi connectivity index (χ3n) is 4.05. The van der Waals surface area contributed by atoms with Crippen LogP contribution in [-0.4, -0.2) is 30.6 Å². The van der Waals surface area contributed by atoms with Gasteiger partial charge in [0.25, 0.3) is 0 Å². The van der Waals surface area contributed by atoms with Crippen molar-refractivity contribution in [1.82, 2.24) is 4.90 Å². The summed E-state index contributed by atoms with van der Waals surface area (Å²) in [6.07, 6.45) is 3.69. The van der Waals surface area contributed by atoms with E-state index in [1.54, 1.807) is 6.07 Å². The number of nitrogens with zero attached hydrogens (tertiary/aromatic N) is 1. The minimum Gasteiger partial charge on any atom is -0.382 e. The lowest BCUT2D eigenvalue weighted by Gasteiger charge is -2.36. The molecule has 1 aliphatic heterocycles. The van der Waals surface area contributed by atoms with E-state index >= 15 is 0 Å². The van der Waals surface area contributed by atoms with Crippen LogP contribution in [0.1, 0.15) is 33.1 Å². The third-order valence-corrected chi connectivity index (χ3v) is 4.26. The van der Waals surface area contributed by atoms with Crippen molar-refractivity contribution in [3.8, 4) is 0 Å². The van der Waals surface area contributed by atoms with Crippen LogP contribution in [0, 0.1) is 11.7 Å². The van der Waals surface area contributed by atoms with Crippen LogP contribution in [-0.2, 0) is 0 Å². The lowest BCUT2D eigenvalue weighted by molar-refractivity contribution is 0.165. The van der Waals surface area contributed by atoms with E-state index in [0.29, 0.717) is 17.0 Å². The second-order valence-electron chi connectivity index (χ2n) is 5.79. The van der Waals surface area contributed by atoms with E-state index in [1.165, 1.54) is 44.5 Å². The van der Waals surface area contributed by atoms with E-state index in [1.807, 2.05) is 0 Å². The van der Waals surface area contributed by atoms with E-state index in [2.05, 4.69) is 24.1 Å². The average Bonchev–Trinajstić information content (AvgIpc) is 2.38. The molecule has 2 unspecified atom stereocenters. The molecule has 20 heavy (non-hydrogen) atoms. The lowest BCUT2D eigenvalue weighted by atomic mass is 9.91. The molecule has 4 heteroatoms. The smallest absolute Gasteiger partial charge is 0.126 e. The maximum absolute atomic E-state index is 13.4. The number of halogens is 2. The number of likely N-dealkylation sites (tertiary alicyclic amines) is 1. The highest BCUT2D eigenvalue weighted by atomic mass is 35.5. The Labute approximate surface area is 126 Å². The predicted octanol–water partition coefficient (Wildman–Crippen LogP) is 4.40. The standard InChI is InChI=1S/C16H24ClFN2/c1-3-6-20-7-4-5-13(11-20)12(2)19-16-9-14(17)8-15(18)10-16/h8-10,12-13,19H,3-7,11H2,1-2H3. The van der Waals surface area contributed by atoms with Crippen LogP contribution in [0.15, 0.2) is 18.2 Å². The van der Waals surface area contributed by atoms with Crippen molar-refractivity contribution in [2.24, 2.45) is 5.92 Å². The van der Waals surface area contributed by atoms with E-state index in [9.17, 15) is 4.39 Å². The molecule has 1 aliphatic rings. The molecule has 2 atom stereocenters. The third kappa shape index (κ3) is 4.35. The highest BCUT2D eigenvalue weighted by Gasteiger charge is 2.24. The molecule has 1 saturated heterocycles. The summed E-state index contributed by atoms with van der Waals surface area (Å²) in [4.78, 5) is 2.53. The van der Waals surface area contributed by atoms with Gasteiger partial charge in [-0.1, -0.05) is 18.5 Å². The number of benzene rings is 1. The molecule has 2 rings (SSSR count). The first-order valence-electron chi connectivity index (χ1n) is 7.53. The van der Waals surface area contributed by atoms with Gasteiger partial charge in [0.1, 0.15) is 5.82 Å². The summed E-state index contributed by atoms with van der Waals surface area (Å²) < 4.78 is 13.4. The molecule has 1 fully saturated rings. The molecule has 0 spiro atoms. The molecular formula is C16H24ClFN2. The molecule has 0 aromatic heterocycles. The Morgan fingerprint density at radius 3 is 2.95 bits per heavy atom. The molecule has 0 bridgehead atoms. The topological polar surface area (TPSA) is 15.3 Å². The summed E-state index contributed by atoms with van der Waals surface area (Å²) in [6, 6.07) is 4.96. The van der Waals surface area contributed by atoms with Crippen molar-refractivity contribution >= 4 is 17.3 Å². The molecule has 0 radical (unpaired) electrons. The van der Waals surface area contributed by atoms with Crippen molar-refractivity contribution in [1.29, 1.82) is 0 Å². The van der Waals surface area contributed by atoms with Gasteiger partial charge in [-0.05, 0) is 63.4 Å². The second-order valence-corrected chi connectivity index (χ2v) is 6.23. The highest BCUT2D eigenvalue weighted by molar-refractivity contribution is 6.30. The Morgan fingerprint density at radius 1 is 1.45 bits per heavy atom. The Bertz CT molecular complexity index is 416. The summed E-state index contributed by atoms with van der Waals surface area (Å²) in [7, 11) is 0. The molecule has 112 valence electrons. The van der Waals surface area contributed by atoms with E-state index in [4.69, 9.17) is 11.6 Å². The van der Waals surface area contributed by atoms with Crippen molar-refractivity contribution in [2.45, 2.75) is 39.2 Å². The fourth-order valence-electron chi connectivity index (χ4n) is 3.04. The largest absolute Gasteiger partial charge is 0.382 e. The zero-order valence-electron chi connectivity index (χ0n) is 12.3. The number of nitrogens with one attached hydrogen (secondary N) is 1. The van der Waals surface area contributed by atoms with Gasteiger partial charge in [-0.2, -0.15) is 0 Å². The van der Waals surface area contributed by atoms with Crippen molar-refractivity contribution in [3.63, 3.8) is 0 Å². The number of anilines is 1. The Balaban J connectivity index is 1.95. The summed E-state index contributed by atoms with van der Waals surface area (Å²) in [5.41, 5.74) is 0.773. The van der Waals surface area contributed by atoms with Gasteiger partial charge in [0.05, 0.1) is 0 Å². The quantitative estimate of drug-likeness (QED) is 0.866. The lowest BCUT2D eigenvalue weighted by Crippen LogP contribution is -2.42. The summed E-state index contributed by atoms with van der Waals surface area (Å²) >= 11 is 5.90. The first kappa shape index (κ1) is 15.6. The maximum Gasteiger partial charge on any atom is 0.126 e. The first-order chi connectivity index (χ1) is 9.58. The van der Waals surface area contributed by atoms with Crippen molar-refractivity contribution in [2.75, 3.05) is 25.0 Å². The summed E-state index contributed by atoms with van der Waals surface area (Å²) in [6.45, 7) is 7.92. The van der Waals surface area contributed by atoms with Crippen LogP contribution in [0.2, 0.25) is 5.02 Å². The molecule has 0 saturated carbocycles. The van der Waals surface area contributed by atoms with Crippen LogP contribution in [0.25, 0.3) is 0 Å². The van der Waals surface area contributed by atoms with Gasteiger partial charge in [-0.25, -0.2) is 4.39 Å². The predicted molar refractivity (Wildman–Crippen MR) is 83.9 cm³/mol. The van der Waals surface area contributed by atoms with Gasteiger partial charge in [-0.3, -0.25) is 0 Å². The Kier molecular flexibility index (Phi) is 5.67. The minimum absolute atomic E-state index is 0.288. The fourth-order valence-corrected chi connectivity index (χ4v) is 3.26. The Hall–Kier alpha value is -0.800. The van der Waals surface area contributed by atoms with Gasteiger partial charge in [0.2, 0.25) is 0 Å². The summed E-state index contributed by atoms with van der Waals surface area (Å²) in [5, 5.41) is 3.85. The van der Waals surface area contributed by atoms with E-state index in [-0.39, 0.29) is 5.82 Å². The normalized spacial score (nSPS) is 21.7. The van der Waals surface area contributed by atoms with E-state index in [0.717, 1.165) is 12.2 Å². The van der Waals surface area contributed by atoms with Crippen molar-refractivity contribution in [3.05, 3.63) is 29.0 Å². The van der Waals surface area contributed by atoms with Crippen molar-refractivity contribution < 1.29 is 4.39 Å². The summed E-state index contributed by atoms with van der Waals surface area (Å²) in [5.74, 6) is 0.320. The second kappa shape index (κ2) is 7.28. The van der Waals surface area contributed by atoms with Gasteiger partial charge in [0, 0.05) is 23.3 Å². The van der Waals surface area contributed by atoms with Gasteiger partial charge >= 0.3 is 0 Å². The van der Waals surface area contributed by atoms with Crippen LogP contribution >= 0.6 is 11.6 Å². The average molecular weight is 299 g/mol. The SMILES string of the molecule is CCCN1CCCC(C(C)Nc2cc(F)cc(Cl)c2)C1. The first-order valence-corrected chi connectivity index (χ1v) is 7.91. The zero-order chi connectivity index (χ0) is 14.5. The van der Waals surface area contributed by atoms with Gasteiger partial charge < -0.3 is 10.2 Å². The van der Waals surface area contributed by atoms with Crippen LogP contribution in [0.4, 0.5) is 10.1 Å². The van der Waals surface area contributed by atoms with Crippen LogP contribution in [0.5, 0.6) is 0 Å². The molecule has 1 aromatic rings. The Morgan fingerprint density at radius 2 is 2.25 bits per heavy atom. The number of rotatable bonds is 5. The number of hydrogen-bond acceptors (Lipinski definition) is 2. The molecular weight excluding hydrogens is 275 g/mol. The molecule has 2 nitrogen and oxygen atoms in total. The molecule has 0 aliphatic carbocycles. The van der Waals surface area contributed by atoms with E-state index < -0.39 is 0 Å². The molecule has 1 aromatic carbocycles. The fraction of sp³-hybridized carbons (Fsp3) is 0.625. The molecule has 0 amide bonds. The van der Waals surface area contributed by atoms with Crippen LogP contribution < -0.4 is 5.32 Å². The number of hydrogen-bond donors (Lipinski definition) is 1. The van der Waals surface area contributed by atoms with Crippen LogP contribution in [0.3, 0.4) is 0 Å². The minimum atomic E-state index is -0.288. The zero-order valence-corrected chi connectivity index (χ0v) is 13.1. The highest BCUT2D eigenvalue weighted by Crippen LogP contribution is 2.24. The van der Waals surface area contributed by atoms with Gasteiger partial charge in [-0.15, -0.1) is 0 Å². The number of piperidine rings is 1. The molecule has 1 heterocycles. The molecule has 1 N–H and O–H groups in total. The maximum atomic E-state index is 13.4.